The smallest absolute Gasteiger partial charge is 0.390 e. The van der Waals surface area contributed by atoms with Gasteiger partial charge in [0.2, 0.25) is 0 Å². The number of rotatable bonds is 5. The molecule has 0 aliphatic carbocycles. The lowest BCUT2D eigenvalue weighted by Gasteiger charge is -2.36. The first-order valence-corrected chi connectivity index (χ1v) is 11.7. The SMILES string of the molecule is CO[C@@H]1CN(C)C(=O)c2cc(NC(=O)NC(C)C)ccc2OC[C@H](C)N(CCC(F)(F)F)C[C@@H]1C. The van der Waals surface area contributed by atoms with Crippen molar-refractivity contribution in [3.8, 4) is 5.75 Å². The van der Waals surface area contributed by atoms with E-state index in [9.17, 15) is 22.8 Å². The van der Waals surface area contributed by atoms with Gasteiger partial charge in [0.05, 0.1) is 18.1 Å². The quantitative estimate of drug-likeness (QED) is 0.637. The third kappa shape index (κ3) is 8.88. The molecule has 1 aliphatic rings. The third-order valence-electron chi connectivity index (χ3n) is 5.93. The first-order chi connectivity index (χ1) is 16.3. The molecule has 1 aliphatic heterocycles. The summed E-state index contributed by atoms with van der Waals surface area (Å²) in [5.41, 5.74) is 0.655. The van der Waals surface area contributed by atoms with Gasteiger partial charge >= 0.3 is 12.2 Å². The highest BCUT2D eigenvalue weighted by Crippen LogP contribution is 2.27. The summed E-state index contributed by atoms with van der Waals surface area (Å²) in [5.74, 6) is -0.163. The average molecular weight is 503 g/mol. The second kappa shape index (κ2) is 12.4. The number of hydrogen-bond acceptors (Lipinski definition) is 5. The maximum atomic E-state index is 13.3. The van der Waals surface area contributed by atoms with E-state index in [1.165, 1.54) is 18.1 Å². The number of alkyl halides is 3. The molecule has 35 heavy (non-hydrogen) atoms. The summed E-state index contributed by atoms with van der Waals surface area (Å²) in [5, 5.41) is 5.42. The van der Waals surface area contributed by atoms with Gasteiger partial charge < -0.3 is 25.0 Å². The van der Waals surface area contributed by atoms with E-state index in [0.717, 1.165) is 0 Å². The molecule has 3 atom stereocenters. The van der Waals surface area contributed by atoms with Crippen molar-refractivity contribution in [3.63, 3.8) is 0 Å². The van der Waals surface area contributed by atoms with Crippen LogP contribution in [0.3, 0.4) is 0 Å². The predicted octanol–water partition coefficient (Wildman–Crippen LogP) is 3.97. The van der Waals surface area contributed by atoms with Gasteiger partial charge in [0.25, 0.3) is 5.91 Å². The van der Waals surface area contributed by atoms with Crippen molar-refractivity contribution in [3.05, 3.63) is 23.8 Å². The Labute approximate surface area is 205 Å². The maximum Gasteiger partial charge on any atom is 0.390 e. The van der Waals surface area contributed by atoms with E-state index < -0.39 is 18.6 Å². The number of ether oxygens (including phenoxy) is 2. The normalized spacial score (nSPS) is 22.6. The van der Waals surface area contributed by atoms with E-state index in [1.807, 2.05) is 20.8 Å². The predicted molar refractivity (Wildman–Crippen MR) is 128 cm³/mol. The summed E-state index contributed by atoms with van der Waals surface area (Å²) < 4.78 is 50.4. The zero-order valence-corrected chi connectivity index (χ0v) is 21.2. The number of urea groups is 1. The van der Waals surface area contributed by atoms with E-state index in [2.05, 4.69) is 10.6 Å². The number of halogens is 3. The van der Waals surface area contributed by atoms with Crippen LogP contribution in [-0.2, 0) is 4.74 Å². The van der Waals surface area contributed by atoms with Crippen LogP contribution < -0.4 is 15.4 Å². The van der Waals surface area contributed by atoms with Crippen LogP contribution in [0.15, 0.2) is 18.2 Å². The highest BCUT2D eigenvalue weighted by atomic mass is 19.4. The first kappa shape index (κ1) is 28.7. The van der Waals surface area contributed by atoms with Gasteiger partial charge in [-0.2, -0.15) is 13.2 Å². The minimum absolute atomic E-state index is 0.0647. The number of nitrogens with zero attached hydrogens (tertiary/aromatic N) is 2. The van der Waals surface area contributed by atoms with Gasteiger partial charge in [-0.05, 0) is 44.9 Å². The first-order valence-electron chi connectivity index (χ1n) is 11.7. The summed E-state index contributed by atoms with van der Waals surface area (Å²) in [4.78, 5) is 28.7. The van der Waals surface area contributed by atoms with Crippen molar-refractivity contribution in [2.45, 2.75) is 58.5 Å². The summed E-state index contributed by atoms with van der Waals surface area (Å²) in [6, 6.07) is 3.93. The molecule has 0 spiro atoms. The van der Waals surface area contributed by atoms with Crippen LogP contribution in [0.2, 0.25) is 0 Å². The standard InChI is InChI=1S/C24H37F3N4O4/c1-15(2)28-23(33)29-18-7-8-20-19(11-18)22(32)30(5)13-21(34-6)16(3)12-31(17(4)14-35-20)10-9-24(25,26)27/h7-8,11,15-17,21H,9-10,12-14H2,1-6H3,(H2,28,29,33)/t16-,17-,21+/m0/s1. The lowest BCUT2D eigenvalue weighted by Crippen LogP contribution is -2.47. The molecule has 8 nitrogen and oxygen atoms in total. The zero-order chi connectivity index (χ0) is 26.3. The number of benzene rings is 1. The Bertz CT molecular complexity index is 866. The molecule has 198 valence electrons. The van der Waals surface area contributed by atoms with Crippen molar-refractivity contribution < 1.29 is 32.2 Å². The summed E-state index contributed by atoms with van der Waals surface area (Å²) in [6.07, 6.45) is -5.57. The number of methoxy groups -OCH3 is 1. The molecular weight excluding hydrogens is 465 g/mol. The number of likely N-dealkylation sites (N-methyl/N-ethyl adjacent to an activating group) is 1. The third-order valence-corrected chi connectivity index (χ3v) is 5.93. The molecule has 0 saturated heterocycles. The Morgan fingerprint density at radius 3 is 2.54 bits per heavy atom. The number of fused-ring (bicyclic) bond motifs is 1. The molecule has 3 amide bonds. The zero-order valence-electron chi connectivity index (χ0n) is 21.2. The molecule has 11 heteroatoms. The average Bonchev–Trinajstić information content (AvgIpc) is 2.76. The number of amides is 3. The minimum Gasteiger partial charge on any atom is -0.491 e. The van der Waals surface area contributed by atoms with E-state index in [-0.39, 0.29) is 55.3 Å². The van der Waals surface area contributed by atoms with Crippen LogP contribution in [0.25, 0.3) is 0 Å². The Hall–Kier alpha value is -2.53. The van der Waals surface area contributed by atoms with Crippen LogP contribution in [0.1, 0.15) is 44.5 Å². The van der Waals surface area contributed by atoms with Crippen LogP contribution in [0, 0.1) is 5.92 Å². The van der Waals surface area contributed by atoms with Crippen molar-refractivity contribution in [1.82, 2.24) is 15.1 Å². The number of carbonyl (C=O) groups excluding carboxylic acids is 2. The number of anilines is 1. The molecule has 0 aromatic heterocycles. The monoisotopic (exact) mass is 502 g/mol. The second-order valence-corrected chi connectivity index (χ2v) is 9.42. The van der Waals surface area contributed by atoms with Gasteiger partial charge in [0, 0.05) is 51.6 Å². The molecule has 1 aromatic carbocycles. The van der Waals surface area contributed by atoms with Gasteiger partial charge in [-0.3, -0.25) is 9.69 Å². The van der Waals surface area contributed by atoms with Crippen molar-refractivity contribution >= 4 is 17.6 Å². The fourth-order valence-corrected chi connectivity index (χ4v) is 3.94. The minimum atomic E-state index is -4.27. The Morgan fingerprint density at radius 2 is 1.94 bits per heavy atom. The van der Waals surface area contributed by atoms with E-state index in [0.29, 0.717) is 18.0 Å². The molecular formula is C24H37F3N4O4. The number of carbonyl (C=O) groups is 2. The fraction of sp³-hybridized carbons (Fsp3) is 0.667. The number of hydrogen-bond donors (Lipinski definition) is 2. The number of nitrogens with one attached hydrogen (secondary N) is 2. The highest BCUT2D eigenvalue weighted by Gasteiger charge is 2.32. The van der Waals surface area contributed by atoms with E-state index in [4.69, 9.17) is 9.47 Å². The van der Waals surface area contributed by atoms with E-state index in [1.54, 1.807) is 31.0 Å². The largest absolute Gasteiger partial charge is 0.491 e. The van der Waals surface area contributed by atoms with Crippen molar-refractivity contribution in [2.75, 3.05) is 45.7 Å². The molecule has 0 unspecified atom stereocenters. The Kier molecular flexibility index (Phi) is 10.2. The van der Waals surface area contributed by atoms with Crippen molar-refractivity contribution in [2.24, 2.45) is 5.92 Å². The fourth-order valence-electron chi connectivity index (χ4n) is 3.94. The maximum absolute atomic E-state index is 13.3. The Balaban J connectivity index is 2.37. The molecule has 2 N–H and O–H groups in total. The van der Waals surface area contributed by atoms with Gasteiger partial charge in [-0.25, -0.2) is 4.79 Å². The molecule has 0 fully saturated rings. The molecule has 0 saturated carbocycles. The highest BCUT2D eigenvalue weighted by molar-refractivity contribution is 5.99. The molecule has 0 bridgehead atoms. The lowest BCUT2D eigenvalue weighted by molar-refractivity contribution is -0.140. The van der Waals surface area contributed by atoms with Gasteiger partial charge in [-0.15, -0.1) is 0 Å². The summed E-state index contributed by atoms with van der Waals surface area (Å²) >= 11 is 0. The second-order valence-electron chi connectivity index (χ2n) is 9.42. The topological polar surface area (TPSA) is 83.1 Å². The summed E-state index contributed by atoms with van der Waals surface area (Å²) in [6.45, 7) is 7.89. The van der Waals surface area contributed by atoms with Gasteiger partial charge in [-0.1, -0.05) is 6.92 Å². The Morgan fingerprint density at radius 1 is 1.26 bits per heavy atom. The van der Waals surface area contributed by atoms with E-state index >= 15 is 0 Å². The molecule has 0 radical (unpaired) electrons. The molecule has 1 aromatic rings. The van der Waals surface area contributed by atoms with Crippen LogP contribution in [0.4, 0.5) is 23.7 Å². The van der Waals surface area contributed by atoms with Crippen molar-refractivity contribution in [1.29, 1.82) is 0 Å². The van der Waals surface area contributed by atoms with Gasteiger partial charge in [0.1, 0.15) is 12.4 Å². The molecule has 2 rings (SSSR count). The summed E-state index contributed by atoms with van der Waals surface area (Å²) in [7, 11) is 3.16. The van der Waals surface area contributed by atoms with Crippen LogP contribution >= 0.6 is 0 Å². The van der Waals surface area contributed by atoms with Crippen LogP contribution in [-0.4, -0.2) is 86.5 Å². The lowest BCUT2D eigenvalue weighted by atomic mass is 10.0. The van der Waals surface area contributed by atoms with Crippen LogP contribution in [0.5, 0.6) is 5.75 Å². The molecule has 1 heterocycles. The van der Waals surface area contributed by atoms with Gasteiger partial charge in [0.15, 0.2) is 0 Å².